The van der Waals surface area contributed by atoms with Gasteiger partial charge in [-0.3, -0.25) is 4.79 Å². The van der Waals surface area contributed by atoms with E-state index in [-0.39, 0.29) is 29.6 Å². The first-order valence-corrected chi connectivity index (χ1v) is 6.05. The van der Waals surface area contributed by atoms with Crippen molar-refractivity contribution in [1.29, 1.82) is 0 Å². The molecule has 1 fully saturated rings. The van der Waals surface area contributed by atoms with Crippen LogP contribution < -0.4 is 10.6 Å². The average molecular weight is 291 g/mol. The fraction of sp³-hybridized carbons (Fsp3) is 0.462. The van der Waals surface area contributed by atoms with Gasteiger partial charge in [0.1, 0.15) is 11.6 Å². The van der Waals surface area contributed by atoms with Crippen molar-refractivity contribution in [3.63, 3.8) is 0 Å². The fourth-order valence-corrected chi connectivity index (χ4v) is 2.07. The van der Waals surface area contributed by atoms with Gasteiger partial charge < -0.3 is 10.6 Å². The largest absolute Gasteiger partial charge is 0.350 e. The van der Waals surface area contributed by atoms with Crippen LogP contribution in [-0.4, -0.2) is 25.0 Å². The lowest BCUT2D eigenvalue weighted by Crippen LogP contribution is -2.37. The predicted molar refractivity (Wildman–Crippen MR) is 71.7 cm³/mol. The molecule has 3 nitrogen and oxygen atoms in total. The summed E-state index contributed by atoms with van der Waals surface area (Å²) in [5, 5.41) is 5.89. The maximum Gasteiger partial charge on any atom is 0.254 e. The van der Waals surface area contributed by atoms with E-state index in [9.17, 15) is 13.6 Å². The monoisotopic (exact) mass is 290 g/mol. The maximum atomic E-state index is 13.5. The van der Waals surface area contributed by atoms with Gasteiger partial charge in [0.05, 0.1) is 5.56 Å². The Kier molecular flexibility index (Phi) is 5.69. The van der Waals surface area contributed by atoms with Crippen LogP contribution in [0, 0.1) is 18.6 Å². The van der Waals surface area contributed by atoms with Gasteiger partial charge in [-0.1, -0.05) is 0 Å². The molecule has 0 aliphatic carbocycles. The second-order valence-electron chi connectivity index (χ2n) is 4.58. The van der Waals surface area contributed by atoms with E-state index in [2.05, 4.69) is 10.6 Å². The first-order valence-electron chi connectivity index (χ1n) is 6.05. The molecule has 0 bridgehead atoms. The number of amides is 1. The summed E-state index contributed by atoms with van der Waals surface area (Å²) in [7, 11) is 0. The Morgan fingerprint density at radius 3 is 2.79 bits per heavy atom. The average Bonchev–Trinajstić information content (AvgIpc) is 2.84. The van der Waals surface area contributed by atoms with E-state index in [1.165, 1.54) is 13.0 Å². The molecule has 106 valence electrons. The summed E-state index contributed by atoms with van der Waals surface area (Å²) in [5.41, 5.74) is 0.160. The Morgan fingerprint density at radius 2 is 2.16 bits per heavy atom. The van der Waals surface area contributed by atoms with E-state index >= 15 is 0 Å². The molecule has 6 heteroatoms. The smallest absolute Gasteiger partial charge is 0.254 e. The molecule has 1 amide bonds. The molecule has 1 aliphatic rings. The summed E-state index contributed by atoms with van der Waals surface area (Å²) in [6.07, 6.45) is 2.09. The zero-order chi connectivity index (χ0) is 13.1. The molecule has 1 heterocycles. The second kappa shape index (κ2) is 6.82. The molecule has 1 saturated heterocycles. The molecule has 1 aromatic carbocycles. The number of carbonyl (C=O) groups is 1. The van der Waals surface area contributed by atoms with Crippen LogP contribution in [0.5, 0.6) is 0 Å². The molecular weight excluding hydrogens is 274 g/mol. The van der Waals surface area contributed by atoms with Crippen molar-refractivity contribution in [2.24, 2.45) is 0 Å². The van der Waals surface area contributed by atoms with Crippen molar-refractivity contribution in [3.05, 3.63) is 34.9 Å². The van der Waals surface area contributed by atoms with Gasteiger partial charge in [0.2, 0.25) is 0 Å². The zero-order valence-corrected chi connectivity index (χ0v) is 11.4. The minimum Gasteiger partial charge on any atom is -0.350 e. The van der Waals surface area contributed by atoms with E-state index in [0.29, 0.717) is 6.54 Å². The first-order chi connectivity index (χ1) is 8.58. The van der Waals surface area contributed by atoms with Crippen molar-refractivity contribution < 1.29 is 13.6 Å². The van der Waals surface area contributed by atoms with E-state index < -0.39 is 17.5 Å². The van der Waals surface area contributed by atoms with Gasteiger partial charge in [0.15, 0.2) is 0 Å². The fourth-order valence-electron chi connectivity index (χ4n) is 2.07. The minimum atomic E-state index is -0.824. The van der Waals surface area contributed by atoms with Crippen LogP contribution in [-0.2, 0) is 0 Å². The molecule has 0 aromatic heterocycles. The van der Waals surface area contributed by atoms with E-state index in [4.69, 9.17) is 0 Å². The molecule has 1 aliphatic heterocycles. The van der Waals surface area contributed by atoms with Gasteiger partial charge in [-0.25, -0.2) is 8.78 Å². The van der Waals surface area contributed by atoms with Crippen molar-refractivity contribution >= 4 is 18.3 Å². The summed E-state index contributed by atoms with van der Waals surface area (Å²) in [6, 6.07) is 2.23. The van der Waals surface area contributed by atoms with Gasteiger partial charge >= 0.3 is 0 Å². The van der Waals surface area contributed by atoms with Crippen LogP contribution in [0.25, 0.3) is 0 Å². The first kappa shape index (κ1) is 15.9. The number of hydrogen-bond donors (Lipinski definition) is 2. The third-order valence-corrected chi connectivity index (χ3v) is 3.16. The summed E-state index contributed by atoms with van der Waals surface area (Å²) in [4.78, 5) is 11.8. The molecule has 0 saturated carbocycles. The summed E-state index contributed by atoms with van der Waals surface area (Å²) in [5.74, 6) is -1.96. The highest BCUT2D eigenvalue weighted by Gasteiger charge is 2.18. The number of hydrogen-bond acceptors (Lipinski definition) is 2. The molecule has 1 aromatic rings. The SMILES string of the molecule is Cc1cc(C(=O)NCC2CCCN2)c(F)cc1F.Cl. The highest BCUT2D eigenvalue weighted by atomic mass is 35.5. The van der Waals surface area contributed by atoms with E-state index in [1.807, 2.05) is 0 Å². The van der Waals surface area contributed by atoms with Crippen LogP contribution in [0.2, 0.25) is 0 Å². The molecule has 2 rings (SSSR count). The normalized spacial score (nSPS) is 17.9. The van der Waals surface area contributed by atoms with Gasteiger partial charge in [-0.15, -0.1) is 12.4 Å². The second-order valence-corrected chi connectivity index (χ2v) is 4.58. The van der Waals surface area contributed by atoms with Gasteiger partial charge in [0.25, 0.3) is 5.91 Å². The predicted octanol–water partition coefficient (Wildman–Crippen LogP) is 2.18. The Balaban J connectivity index is 0.00000180. The van der Waals surface area contributed by atoms with Crippen LogP contribution in [0.3, 0.4) is 0 Å². The Morgan fingerprint density at radius 1 is 1.42 bits per heavy atom. The van der Waals surface area contributed by atoms with Gasteiger partial charge in [-0.05, 0) is 37.9 Å². The number of aryl methyl sites for hydroxylation is 1. The highest BCUT2D eigenvalue weighted by Crippen LogP contribution is 2.14. The number of halogens is 3. The lowest BCUT2D eigenvalue weighted by Gasteiger charge is -2.12. The molecule has 0 radical (unpaired) electrons. The number of nitrogens with one attached hydrogen (secondary N) is 2. The Hall–Kier alpha value is -1.20. The van der Waals surface area contributed by atoms with Crippen LogP contribution in [0.1, 0.15) is 28.8 Å². The lowest BCUT2D eigenvalue weighted by atomic mass is 10.1. The maximum absolute atomic E-state index is 13.5. The molecular formula is C13H17ClF2N2O. The van der Waals surface area contributed by atoms with Gasteiger partial charge in [-0.2, -0.15) is 0 Å². The number of benzene rings is 1. The summed E-state index contributed by atoms with van der Waals surface area (Å²) in [6.45, 7) is 2.92. The van der Waals surface area contributed by atoms with Crippen molar-refractivity contribution in [2.75, 3.05) is 13.1 Å². The Bertz CT molecular complexity index is 462. The summed E-state index contributed by atoms with van der Waals surface area (Å²) < 4.78 is 26.5. The van der Waals surface area contributed by atoms with Crippen LogP contribution in [0.15, 0.2) is 12.1 Å². The Labute approximate surface area is 117 Å². The van der Waals surface area contributed by atoms with Crippen LogP contribution in [0.4, 0.5) is 8.78 Å². The number of carbonyl (C=O) groups excluding carboxylic acids is 1. The topological polar surface area (TPSA) is 41.1 Å². The van der Waals surface area contributed by atoms with E-state index in [0.717, 1.165) is 25.5 Å². The van der Waals surface area contributed by atoms with Crippen molar-refractivity contribution in [1.82, 2.24) is 10.6 Å². The highest BCUT2D eigenvalue weighted by molar-refractivity contribution is 5.94. The quantitative estimate of drug-likeness (QED) is 0.896. The summed E-state index contributed by atoms with van der Waals surface area (Å²) >= 11 is 0. The molecule has 1 unspecified atom stereocenters. The number of rotatable bonds is 3. The molecule has 1 atom stereocenters. The van der Waals surface area contributed by atoms with E-state index in [1.54, 1.807) is 0 Å². The standard InChI is InChI=1S/C13H16F2N2O.ClH/c1-8-5-10(12(15)6-11(8)14)13(18)17-7-9-3-2-4-16-9;/h5-6,9,16H,2-4,7H2,1H3,(H,17,18);1H. The molecule has 0 spiro atoms. The zero-order valence-electron chi connectivity index (χ0n) is 10.6. The lowest BCUT2D eigenvalue weighted by molar-refractivity contribution is 0.0946. The van der Waals surface area contributed by atoms with Gasteiger partial charge in [0, 0.05) is 18.7 Å². The molecule has 19 heavy (non-hydrogen) atoms. The third kappa shape index (κ3) is 3.88. The third-order valence-electron chi connectivity index (χ3n) is 3.16. The minimum absolute atomic E-state index is 0. The van der Waals surface area contributed by atoms with Crippen molar-refractivity contribution in [3.8, 4) is 0 Å². The van der Waals surface area contributed by atoms with Crippen molar-refractivity contribution in [2.45, 2.75) is 25.8 Å². The van der Waals surface area contributed by atoms with Crippen LogP contribution >= 0.6 is 12.4 Å². The molecule has 2 N–H and O–H groups in total.